The molecule has 0 saturated heterocycles. The van der Waals surface area contributed by atoms with Gasteiger partial charge in [-0.3, -0.25) is 0 Å². The number of rotatable bonds is 3. The summed E-state index contributed by atoms with van der Waals surface area (Å²) in [6, 6.07) is 13.4. The lowest BCUT2D eigenvalue weighted by molar-refractivity contribution is 0.0602. The molecule has 0 saturated carbocycles. The van der Waals surface area contributed by atoms with Crippen LogP contribution in [0, 0.1) is 13.8 Å². The first-order valence-corrected chi connectivity index (χ1v) is 6.14. The Balaban J connectivity index is 2.39. The average molecular weight is 255 g/mol. The standard InChI is InChI=1S/C16H17NO2/c1-11-7-6-10-14(12(11)2)17-15-9-5-4-8-13(15)16(18)19-3/h4-10,17H,1-3H3. The monoisotopic (exact) mass is 255 g/mol. The lowest BCUT2D eigenvalue weighted by atomic mass is 10.1. The second-order valence-corrected chi connectivity index (χ2v) is 4.41. The summed E-state index contributed by atoms with van der Waals surface area (Å²) >= 11 is 0. The Morgan fingerprint density at radius 2 is 1.68 bits per heavy atom. The highest BCUT2D eigenvalue weighted by atomic mass is 16.5. The number of carbonyl (C=O) groups is 1. The van der Waals surface area contributed by atoms with Gasteiger partial charge in [0.1, 0.15) is 0 Å². The summed E-state index contributed by atoms with van der Waals surface area (Å²) in [5, 5.41) is 3.30. The molecule has 0 aliphatic heterocycles. The van der Waals surface area contributed by atoms with Crippen molar-refractivity contribution in [3.63, 3.8) is 0 Å². The van der Waals surface area contributed by atoms with Crippen molar-refractivity contribution in [1.82, 2.24) is 0 Å². The average Bonchev–Trinajstić information content (AvgIpc) is 2.43. The van der Waals surface area contributed by atoms with Crippen molar-refractivity contribution in [2.45, 2.75) is 13.8 Å². The molecular formula is C16H17NO2. The molecule has 0 spiro atoms. The highest BCUT2D eigenvalue weighted by Gasteiger charge is 2.11. The third kappa shape index (κ3) is 2.76. The molecular weight excluding hydrogens is 238 g/mol. The fourth-order valence-corrected chi connectivity index (χ4v) is 1.91. The second-order valence-electron chi connectivity index (χ2n) is 4.41. The lowest BCUT2D eigenvalue weighted by Gasteiger charge is -2.13. The van der Waals surface area contributed by atoms with Crippen molar-refractivity contribution < 1.29 is 9.53 Å². The number of carbonyl (C=O) groups excluding carboxylic acids is 1. The fraction of sp³-hybridized carbons (Fsp3) is 0.188. The normalized spacial score (nSPS) is 10.1. The third-order valence-corrected chi connectivity index (χ3v) is 3.21. The van der Waals surface area contributed by atoms with E-state index >= 15 is 0 Å². The second kappa shape index (κ2) is 5.57. The Hall–Kier alpha value is -2.29. The van der Waals surface area contributed by atoms with Crippen molar-refractivity contribution in [3.8, 4) is 0 Å². The summed E-state index contributed by atoms with van der Waals surface area (Å²) in [5.41, 5.74) is 4.66. The van der Waals surface area contributed by atoms with Gasteiger partial charge in [0, 0.05) is 5.69 Å². The number of para-hydroxylation sites is 1. The van der Waals surface area contributed by atoms with E-state index in [2.05, 4.69) is 25.2 Å². The topological polar surface area (TPSA) is 38.3 Å². The van der Waals surface area contributed by atoms with Crippen LogP contribution in [0.1, 0.15) is 21.5 Å². The molecule has 0 heterocycles. The van der Waals surface area contributed by atoms with Gasteiger partial charge in [0.15, 0.2) is 0 Å². The quantitative estimate of drug-likeness (QED) is 0.847. The molecule has 19 heavy (non-hydrogen) atoms. The molecule has 0 aliphatic rings. The van der Waals surface area contributed by atoms with Crippen molar-refractivity contribution in [2.24, 2.45) is 0 Å². The van der Waals surface area contributed by atoms with E-state index in [4.69, 9.17) is 4.74 Å². The summed E-state index contributed by atoms with van der Waals surface area (Å²) in [4.78, 5) is 11.7. The molecule has 2 aromatic carbocycles. The summed E-state index contributed by atoms with van der Waals surface area (Å²) < 4.78 is 4.79. The number of hydrogen-bond acceptors (Lipinski definition) is 3. The van der Waals surface area contributed by atoms with Crippen molar-refractivity contribution in [2.75, 3.05) is 12.4 Å². The van der Waals surface area contributed by atoms with Crippen molar-refractivity contribution in [3.05, 3.63) is 59.2 Å². The van der Waals surface area contributed by atoms with Crippen LogP contribution in [0.15, 0.2) is 42.5 Å². The number of ether oxygens (including phenoxy) is 1. The van der Waals surface area contributed by atoms with Gasteiger partial charge in [-0.05, 0) is 43.2 Å². The number of hydrogen-bond donors (Lipinski definition) is 1. The van der Waals surface area contributed by atoms with Crippen LogP contribution in [0.5, 0.6) is 0 Å². The molecule has 1 N–H and O–H groups in total. The van der Waals surface area contributed by atoms with Gasteiger partial charge in [0.25, 0.3) is 0 Å². The van der Waals surface area contributed by atoms with Crippen LogP contribution in [0.2, 0.25) is 0 Å². The Kier molecular flexibility index (Phi) is 3.85. The Labute approximate surface area is 113 Å². The van der Waals surface area contributed by atoms with Gasteiger partial charge in [-0.2, -0.15) is 0 Å². The van der Waals surface area contributed by atoms with Crippen molar-refractivity contribution >= 4 is 17.3 Å². The third-order valence-electron chi connectivity index (χ3n) is 3.21. The van der Waals surface area contributed by atoms with E-state index in [1.807, 2.05) is 30.3 Å². The van der Waals surface area contributed by atoms with E-state index < -0.39 is 0 Å². The van der Waals surface area contributed by atoms with E-state index in [0.717, 1.165) is 11.4 Å². The molecule has 3 nitrogen and oxygen atoms in total. The summed E-state index contributed by atoms with van der Waals surface area (Å²) in [7, 11) is 1.39. The minimum Gasteiger partial charge on any atom is -0.465 e. The number of esters is 1. The van der Waals surface area contributed by atoms with Crippen LogP contribution in [0.25, 0.3) is 0 Å². The zero-order chi connectivity index (χ0) is 13.8. The molecule has 0 bridgehead atoms. The van der Waals surface area contributed by atoms with Gasteiger partial charge in [0.05, 0.1) is 18.4 Å². The highest BCUT2D eigenvalue weighted by molar-refractivity contribution is 5.96. The van der Waals surface area contributed by atoms with Crippen LogP contribution in [0.3, 0.4) is 0 Å². The summed E-state index contributed by atoms with van der Waals surface area (Å²) in [6.45, 7) is 4.12. The Bertz CT molecular complexity index is 605. The number of benzene rings is 2. The minimum atomic E-state index is -0.339. The first-order valence-electron chi connectivity index (χ1n) is 6.14. The van der Waals surface area contributed by atoms with Crippen LogP contribution >= 0.6 is 0 Å². The maximum Gasteiger partial charge on any atom is 0.339 e. The van der Waals surface area contributed by atoms with Crippen LogP contribution in [0.4, 0.5) is 11.4 Å². The first-order chi connectivity index (χ1) is 9.13. The molecule has 0 radical (unpaired) electrons. The zero-order valence-electron chi connectivity index (χ0n) is 11.4. The molecule has 2 aromatic rings. The fourth-order valence-electron chi connectivity index (χ4n) is 1.91. The molecule has 2 rings (SSSR count). The Morgan fingerprint density at radius 1 is 1.00 bits per heavy atom. The van der Waals surface area contributed by atoms with E-state index in [1.54, 1.807) is 6.07 Å². The van der Waals surface area contributed by atoms with Gasteiger partial charge >= 0.3 is 5.97 Å². The maximum absolute atomic E-state index is 11.7. The Morgan fingerprint density at radius 3 is 2.42 bits per heavy atom. The number of methoxy groups -OCH3 is 1. The minimum absolute atomic E-state index is 0.339. The van der Waals surface area contributed by atoms with Gasteiger partial charge in [-0.1, -0.05) is 24.3 Å². The van der Waals surface area contributed by atoms with Gasteiger partial charge < -0.3 is 10.1 Å². The maximum atomic E-state index is 11.7. The SMILES string of the molecule is COC(=O)c1ccccc1Nc1cccc(C)c1C. The van der Waals surface area contributed by atoms with Crippen LogP contribution < -0.4 is 5.32 Å². The molecule has 0 aromatic heterocycles. The number of anilines is 2. The van der Waals surface area contributed by atoms with Gasteiger partial charge in [0.2, 0.25) is 0 Å². The molecule has 0 unspecified atom stereocenters. The molecule has 0 aliphatic carbocycles. The smallest absolute Gasteiger partial charge is 0.339 e. The molecule has 0 amide bonds. The van der Waals surface area contributed by atoms with Gasteiger partial charge in [-0.15, -0.1) is 0 Å². The number of aryl methyl sites for hydroxylation is 1. The first kappa shape index (κ1) is 13.1. The zero-order valence-corrected chi connectivity index (χ0v) is 11.4. The van der Waals surface area contributed by atoms with E-state index in [1.165, 1.54) is 18.2 Å². The van der Waals surface area contributed by atoms with E-state index in [0.29, 0.717) is 5.56 Å². The number of nitrogens with one attached hydrogen (secondary N) is 1. The van der Waals surface area contributed by atoms with Crippen LogP contribution in [-0.2, 0) is 4.74 Å². The van der Waals surface area contributed by atoms with E-state index in [9.17, 15) is 4.79 Å². The van der Waals surface area contributed by atoms with Gasteiger partial charge in [-0.25, -0.2) is 4.79 Å². The van der Waals surface area contributed by atoms with Crippen molar-refractivity contribution in [1.29, 1.82) is 0 Å². The van der Waals surface area contributed by atoms with E-state index in [-0.39, 0.29) is 5.97 Å². The predicted octanol–water partition coefficient (Wildman–Crippen LogP) is 3.83. The predicted molar refractivity (Wildman–Crippen MR) is 77.0 cm³/mol. The lowest BCUT2D eigenvalue weighted by Crippen LogP contribution is -2.06. The largest absolute Gasteiger partial charge is 0.465 e. The molecule has 98 valence electrons. The summed E-state index contributed by atoms with van der Waals surface area (Å²) in [5.74, 6) is -0.339. The molecule has 3 heteroatoms. The highest BCUT2D eigenvalue weighted by Crippen LogP contribution is 2.25. The van der Waals surface area contributed by atoms with Crippen LogP contribution in [-0.4, -0.2) is 13.1 Å². The molecule has 0 atom stereocenters. The summed E-state index contributed by atoms with van der Waals surface area (Å²) in [6.07, 6.45) is 0. The molecule has 0 fully saturated rings.